The number of benzene rings is 2. The van der Waals surface area contributed by atoms with Gasteiger partial charge in [0.1, 0.15) is 23.7 Å². The molecule has 1 aliphatic rings. The van der Waals surface area contributed by atoms with E-state index in [1.807, 2.05) is 61.5 Å². The summed E-state index contributed by atoms with van der Waals surface area (Å²) in [5.74, 6) is 2.37. The second kappa shape index (κ2) is 8.60. The summed E-state index contributed by atoms with van der Waals surface area (Å²) in [6, 6.07) is 17.1. The molecule has 0 aliphatic heterocycles. The van der Waals surface area contributed by atoms with Gasteiger partial charge in [-0.1, -0.05) is 12.1 Å². The van der Waals surface area contributed by atoms with E-state index in [9.17, 15) is 4.79 Å². The number of rotatable bonds is 8. The lowest BCUT2D eigenvalue weighted by molar-refractivity contribution is -0.117. The Morgan fingerprint density at radius 2 is 1.62 bits per heavy atom. The number of aromatic nitrogens is 2. The Labute approximate surface area is 169 Å². The van der Waals surface area contributed by atoms with Gasteiger partial charge in [0.2, 0.25) is 5.91 Å². The summed E-state index contributed by atoms with van der Waals surface area (Å²) in [7, 11) is 0. The minimum absolute atomic E-state index is 0.0879. The smallest absolute Gasteiger partial charge is 0.227 e. The molecule has 3 aromatic rings. The van der Waals surface area contributed by atoms with E-state index < -0.39 is 0 Å². The van der Waals surface area contributed by atoms with Crippen molar-refractivity contribution in [2.75, 3.05) is 22.6 Å². The third kappa shape index (κ3) is 5.22. The van der Waals surface area contributed by atoms with Crippen LogP contribution >= 0.6 is 0 Å². The first-order valence-corrected chi connectivity index (χ1v) is 9.69. The van der Waals surface area contributed by atoms with Crippen molar-refractivity contribution in [2.24, 2.45) is 5.92 Å². The highest BCUT2D eigenvalue weighted by atomic mass is 16.5. The zero-order valence-corrected chi connectivity index (χ0v) is 16.2. The van der Waals surface area contributed by atoms with Crippen LogP contribution < -0.4 is 20.7 Å². The second-order valence-corrected chi connectivity index (χ2v) is 6.84. The predicted octanol–water partition coefficient (Wildman–Crippen LogP) is 4.71. The van der Waals surface area contributed by atoms with Crippen LogP contribution in [0.4, 0.5) is 28.7 Å². The molecule has 1 fully saturated rings. The fourth-order valence-electron chi connectivity index (χ4n) is 2.88. The van der Waals surface area contributed by atoms with Crippen molar-refractivity contribution in [3.63, 3.8) is 0 Å². The van der Waals surface area contributed by atoms with Crippen LogP contribution in [0.25, 0.3) is 0 Å². The highest BCUT2D eigenvalue weighted by molar-refractivity contribution is 5.94. The molecule has 1 amide bonds. The van der Waals surface area contributed by atoms with Crippen molar-refractivity contribution in [3.05, 3.63) is 60.9 Å². The van der Waals surface area contributed by atoms with Gasteiger partial charge in [-0.25, -0.2) is 9.97 Å². The molecule has 2 aromatic carbocycles. The summed E-state index contributed by atoms with van der Waals surface area (Å²) >= 11 is 0. The van der Waals surface area contributed by atoms with Gasteiger partial charge >= 0.3 is 0 Å². The zero-order chi connectivity index (χ0) is 20.1. The van der Waals surface area contributed by atoms with Gasteiger partial charge in [-0.2, -0.15) is 0 Å². The maximum Gasteiger partial charge on any atom is 0.227 e. The van der Waals surface area contributed by atoms with Crippen molar-refractivity contribution < 1.29 is 9.53 Å². The van der Waals surface area contributed by atoms with E-state index in [-0.39, 0.29) is 11.8 Å². The topological polar surface area (TPSA) is 88.2 Å². The van der Waals surface area contributed by atoms with E-state index in [1.165, 1.54) is 6.33 Å². The lowest BCUT2D eigenvalue weighted by atomic mass is 10.2. The van der Waals surface area contributed by atoms with Crippen molar-refractivity contribution in [1.29, 1.82) is 0 Å². The summed E-state index contributed by atoms with van der Waals surface area (Å²) in [5.41, 5.74) is 2.49. The van der Waals surface area contributed by atoms with Crippen LogP contribution in [0.15, 0.2) is 60.9 Å². The van der Waals surface area contributed by atoms with Gasteiger partial charge < -0.3 is 20.7 Å². The van der Waals surface area contributed by atoms with Crippen molar-refractivity contribution in [3.8, 4) is 5.75 Å². The molecule has 0 unspecified atom stereocenters. The molecule has 0 bridgehead atoms. The van der Waals surface area contributed by atoms with E-state index in [1.54, 1.807) is 0 Å². The van der Waals surface area contributed by atoms with Gasteiger partial charge in [-0.05, 0) is 50.1 Å². The fourth-order valence-corrected chi connectivity index (χ4v) is 2.88. The third-order valence-corrected chi connectivity index (χ3v) is 4.44. The Kier molecular flexibility index (Phi) is 5.56. The minimum atomic E-state index is 0.0879. The van der Waals surface area contributed by atoms with Gasteiger partial charge in [0.25, 0.3) is 0 Å². The molecule has 3 N–H and O–H groups in total. The van der Waals surface area contributed by atoms with Crippen molar-refractivity contribution in [2.45, 2.75) is 19.8 Å². The standard InChI is InChI=1S/C22H23N5O2/c1-2-29-19-8-4-7-18(12-19)26-21-13-20(23-14-24-21)25-16-5-3-6-17(11-16)27-22(28)15-9-10-15/h3-8,11-15H,2,9-10H2,1H3,(H,27,28)(H2,23,24,25,26). The highest BCUT2D eigenvalue weighted by Gasteiger charge is 2.29. The molecule has 148 valence electrons. The molecule has 29 heavy (non-hydrogen) atoms. The molecule has 1 saturated carbocycles. The zero-order valence-electron chi connectivity index (χ0n) is 16.2. The molecule has 0 saturated heterocycles. The lowest BCUT2D eigenvalue weighted by Crippen LogP contribution is -2.13. The monoisotopic (exact) mass is 389 g/mol. The molecule has 0 spiro atoms. The fraction of sp³-hybridized carbons (Fsp3) is 0.227. The summed E-state index contributed by atoms with van der Waals surface area (Å²) < 4.78 is 5.53. The average molecular weight is 389 g/mol. The number of hydrogen-bond acceptors (Lipinski definition) is 6. The van der Waals surface area contributed by atoms with E-state index in [2.05, 4.69) is 25.9 Å². The Bertz CT molecular complexity index is 1000. The maximum absolute atomic E-state index is 12.0. The number of carbonyl (C=O) groups is 1. The van der Waals surface area contributed by atoms with Crippen LogP contribution in [0.2, 0.25) is 0 Å². The first kappa shape index (κ1) is 18.7. The molecule has 1 aliphatic carbocycles. The summed E-state index contributed by atoms with van der Waals surface area (Å²) in [5, 5.41) is 9.46. The Morgan fingerprint density at radius 1 is 0.966 bits per heavy atom. The van der Waals surface area contributed by atoms with Gasteiger partial charge in [-0.15, -0.1) is 0 Å². The number of nitrogens with zero attached hydrogens (tertiary/aromatic N) is 2. The molecular weight excluding hydrogens is 366 g/mol. The average Bonchev–Trinajstić information content (AvgIpc) is 3.55. The second-order valence-electron chi connectivity index (χ2n) is 6.84. The van der Waals surface area contributed by atoms with Crippen LogP contribution in [-0.2, 0) is 4.79 Å². The van der Waals surface area contributed by atoms with E-state index in [0.717, 1.165) is 35.7 Å². The number of hydrogen-bond donors (Lipinski definition) is 3. The Balaban J connectivity index is 1.43. The summed E-state index contributed by atoms with van der Waals surface area (Å²) in [4.78, 5) is 20.5. The van der Waals surface area contributed by atoms with Gasteiger partial charge in [0.05, 0.1) is 6.61 Å². The third-order valence-electron chi connectivity index (χ3n) is 4.44. The van der Waals surface area contributed by atoms with E-state index in [4.69, 9.17) is 4.74 Å². The van der Waals surface area contributed by atoms with E-state index >= 15 is 0 Å². The van der Waals surface area contributed by atoms with Crippen LogP contribution in [-0.4, -0.2) is 22.5 Å². The van der Waals surface area contributed by atoms with Crippen LogP contribution in [0.3, 0.4) is 0 Å². The van der Waals surface area contributed by atoms with Crippen molar-refractivity contribution >= 4 is 34.6 Å². The summed E-state index contributed by atoms with van der Waals surface area (Å²) in [6.45, 7) is 2.57. The lowest BCUT2D eigenvalue weighted by Gasteiger charge is -2.11. The minimum Gasteiger partial charge on any atom is -0.494 e. The molecule has 0 atom stereocenters. The number of carbonyl (C=O) groups excluding carboxylic acids is 1. The molecule has 4 rings (SSSR count). The number of amides is 1. The van der Waals surface area contributed by atoms with Crippen LogP contribution in [0.5, 0.6) is 5.75 Å². The maximum atomic E-state index is 12.0. The molecule has 7 nitrogen and oxygen atoms in total. The van der Waals surface area contributed by atoms with Gasteiger partial charge in [0, 0.05) is 35.1 Å². The number of anilines is 5. The predicted molar refractivity (Wildman–Crippen MR) is 114 cm³/mol. The molecule has 0 radical (unpaired) electrons. The largest absolute Gasteiger partial charge is 0.494 e. The first-order valence-electron chi connectivity index (χ1n) is 9.69. The number of ether oxygens (including phenoxy) is 1. The first-order chi connectivity index (χ1) is 14.2. The summed E-state index contributed by atoms with van der Waals surface area (Å²) in [6.07, 6.45) is 3.46. The van der Waals surface area contributed by atoms with Crippen LogP contribution in [0.1, 0.15) is 19.8 Å². The van der Waals surface area contributed by atoms with Crippen molar-refractivity contribution in [1.82, 2.24) is 9.97 Å². The van der Waals surface area contributed by atoms with Crippen LogP contribution in [0, 0.1) is 5.92 Å². The quantitative estimate of drug-likeness (QED) is 0.517. The SMILES string of the molecule is CCOc1cccc(Nc2cc(Nc3cccc(NC(=O)C4CC4)c3)ncn2)c1. The molecule has 1 heterocycles. The number of nitrogens with one attached hydrogen (secondary N) is 3. The van der Waals surface area contributed by atoms with Gasteiger partial charge in [-0.3, -0.25) is 4.79 Å². The van der Waals surface area contributed by atoms with E-state index in [0.29, 0.717) is 18.2 Å². The Hall–Kier alpha value is -3.61. The normalized spacial score (nSPS) is 12.9. The molecule has 7 heteroatoms. The Morgan fingerprint density at radius 3 is 2.31 bits per heavy atom. The molecule has 1 aromatic heterocycles. The molecular formula is C22H23N5O2. The highest BCUT2D eigenvalue weighted by Crippen LogP contribution is 2.30. The van der Waals surface area contributed by atoms with Gasteiger partial charge in [0.15, 0.2) is 0 Å².